The summed E-state index contributed by atoms with van der Waals surface area (Å²) in [5.74, 6) is 0.860. The van der Waals surface area contributed by atoms with Crippen molar-refractivity contribution in [3.63, 3.8) is 0 Å². The molecule has 5 heteroatoms. The molecule has 1 aliphatic rings. The first-order valence-electron chi connectivity index (χ1n) is 8.40. The molecule has 2 amide bonds. The van der Waals surface area contributed by atoms with Gasteiger partial charge in [0.05, 0.1) is 13.5 Å². The van der Waals surface area contributed by atoms with Crippen LogP contribution >= 0.6 is 0 Å². The summed E-state index contributed by atoms with van der Waals surface area (Å²) in [5, 5.41) is 2.91. The Morgan fingerprint density at radius 1 is 1.24 bits per heavy atom. The summed E-state index contributed by atoms with van der Waals surface area (Å²) in [4.78, 5) is 25.9. The monoisotopic (exact) mass is 338 g/mol. The molecule has 0 aromatic heterocycles. The molecule has 0 atom stereocenters. The molecule has 25 heavy (non-hydrogen) atoms. The van der Waals surface area contributed by atoms with E-state index in [4.69, 9.17) is 4.74 Å². The molecule has 0 unspecified atom stereocenters. The number of amides is 2. The summed E-state index contributed by atoms with van der Waals surface area (Å²) in [5.41, 5.74) is 3.47. The zero-order valence-corrected chi connectivity index (χ0v) is 14.5. The van der Waals surface area contributed by atoms with E-state index in [0.29, 0.717) is 12.1 Å². The van der Waals surface area contributed by atoms with Crippen molar-refractivity contribution in [3.8, 4) is 5.75 Å². The molecule has 0 saturated carbocycles. The number of carbonyl (C=O) groups excluding carboxylic acids is 2. The lowest BCUT2D eigenvalue weighted by Gasteiger charge is -2.16. The zero-order valence-electron chi connectivity index (χ0n) is 14.5. The lowest BCUT2D eigenvalue weighted by molar-refractivity contribution is -0.117. The topological polar surface area (TPSA) is 58.6 Å². The van der Waals surface area contributed by atoms with E-state index in [2.05, 4.69) is 5.32 Å². The zero-order chi connectivity index (χ0) is 17.8. The van der Waals surface area contributed by atoms with E-state index in [1.165, 1.54) is 0 Å². The second kappa shape index (κ2) is 7.38. The van der Waals surface area contributed by atoms with Crippen LogP contribution in [-0.2, 0) is 16.0 Å². The average Bonchev–Trinajstić information content (AvgIpc) is 3.01. The van der Waals surface area contributed by atoms with E-state index < -0.39 is 0 Å². The van der Waals surface area contributed by atoms with Gasteiger partial charge >= 0.3 is 0 Å². The summed E-state index contributed by atoms with van der Waals surface area (Å²) in [6, 6.07) is 13.2. The largest absolute Gasteiger partial charge is 0.496 e. The van der Waals surface area contributed by atoms with Gasteiger partial charge in [0.15, 0.2) is 0 Å². The van der Waals surface area contributed by atoms with Crippen molar-refractivity contribution < 1.29 is 14.3 Å². The van der Waals surface area contributed by atoms with Crippen molar-refractivity contribution in [2.75, 3.05) is 23.9 Å². The van der Waals surface area contributed by atoms with Crippen LogP contribution in [0, 0.1) is 6.92 Å². The maximum absolute atomic E-state index is 12.3. The van der Waals surface area contributed by atoms with E-state index in [1.54, 1.807) is 12.0 Å². The number of nitrogens with zero attached hydrogens (tertiary/aromatic N) is 1. The molecule has 1 aliphatic heterocycles. The first-order chi connectivity index (χ1) is 12.1. The van der Waals surface area contributed by atoms with E-state index in [-0.39, 0.29) is 18.2 Å². The van der Waals surface area contributed by atoms with Crippen LogP contribution in [-0.4, -0.2) is 25.5 Å². The van der Waals surface area contributed by atoms with Crippen LogP contribution in [0.5, 0.6) is 5.75 Å². The maximum Gasteiger partial charge on any atom is 0.228 e. The number of hydrogen-bond donors (Lipinski definition) is 1. The van der Waals surface area contributed by atoms with Gasteiger partial charge in [0.25, 0.3) is 0 Å². The average molecular weight is 338 g/mol. The van der Waals surface area contributed by atoms with Gasteiger partial charge in [0.2, 0.25) is 11.8 Å². The van der Waals surface area contributed by atoms with Crippen LogP contribution in [0.2, 0.25) is 0 Å². The molecular formula is C20H22N2O3. The lowest BCUT2D eigenvalue weighted by atomic mass is 10.1. The maximum atomic E-state index is 12.3. The number of anilines is 2. The second-order valence-corrected chi connectivity index (χ2v) is 6.23. The predicted molar refractivity (Wildman–Crippen MR) is 98.1 cm³/mol. The van der Waals surface area contributed by atoms with Crippen LogP contribution in [0.1, 0.15) is 24.0 Å². The molecule has 0 bridgehead atoms. The highest BCUT2D eigenvalue weighted by molar-refractivity contribution is 5.97. The minimum Gasteiger partial charge on any atom is -0.496 e. The fraction of sp³-hybridized carbons (Fsp3) is 0.300. The van der Waals surface area contributed by atoms with Gasteiger partial charge in [-0.25, -0.2) is 0 Å². The Morgan fingerprint density at radius 2 is 2.08 bits per heavy atom. The Hall–Kier alpha value is -2.82. The van der Waals surface area contributed by atoms with Crippen LogP contribution < -0.4 is 15.0 Å². The molecule has 5 nitrogen and oxygen atoms in total. The van der Waals surface area contributed by atoms with E-state index in [9.17, 15) is 9.59 Å². The smallest absolute Gasteiger partial charge is 0.228 e. The Morgan fingerprint density at radius 3 is 2.76 bits per heavy atom. The van der Waals surface area contributed by atoms with Gasteiger partial charge < -0.3 is 15.0 Å². The number of ether oxygens (including phenoxy) is 1. The molecule has 130 valence electrons. The van der Waals surface area contributed by atoms with Gasteiger partial charge in [0.1, 0.15) is 5.75 Å². The van der Waals surface area contributed by atoms with Crippen molar-refractivity contribution in [2.45, 2.75) is 26.2 Å². The number of carbonyl (C=O) groups is 2. The highest BCUT2D eigenvalue weighted by Crippen LogP contribution is 2.24. The molecule has 0 aliphatic carbocycles. The molecule has 3 rings (SSSR count). The molecule has 1 saturated heterocycles. The number of hydrogen-bond acceptors (Lipinski definition) is 3. The van der Waals surface area contributed by atoms with Crippen LogP contribution in [0.25, 0.3) is 0 Å². The van der Waals surface area contributed by atoms with E-state index >= 15 is 0 Å². The Labute approximate surface area is 147 Å². The van der Waals surface area contributed by atoms with Crippen molar-refractivity contribution in [1.29, 1.82) is 0 Å². The Kier molecular flexibility index (Phi) is 5.03. The van der Waals surface area contributed by atoms with Crippen LogP contribution in [0.4, 0.5) is 11.4 Å². The minimum atomic E-state index is -0.0885. The summed E-state index contributed by atoms with van der Waals surface area (Å²) in [7, 11) is 1.63. The Balaban J connectivity index is 1.67. The van der Waals surface area contributed by atoms with Gasteiger partial charge in [-0.15, -0.1) is 0 Å². The summed E-state index contributed by atoms with van der Waals surface area (Å²) >= 11 is 0. The molecule has 1 N–H and O–H groups in total. The third kappa shape index (κ3) is 3.99. The van der Waals surface area contributed by atoms with E-state index in [0.717, 1.165) is 35.5 Å². The summed E-state index contributed by atoms with van der Waals surface area (Å²) in [6.07, 6.45) is 1.76. The number of nitrogens with one attached hydrogen (secondary N) is 1. The van der Waals surface area contributed by atoms with E-state index in [1.807, 2.05) is 49.4 Å². The lowest BCUT2D eigenvalue weighted by Crippen LogP contribution is -2.23. The third-order valence-corrected chi connectivity index (χ3v) is 4.34. The first kappa shape index (κ1) is 17.0. The summed E-state index contributed by atoms with van der Waals surface area (Å²) in [6.45, 7) is 2.69. The van der Waals surface area contributed by atoms with Gasteiger partial charge in [0, 0.05) is 24.3 Å². The minimum absolute atomic E-state index is 0.0885. The van der Waals surface area contributed by atoms with Gasteiger partial charge in [-0.2, -0.15) is 0 Å². The molecule has 0 radical (unpaired) electrons. The number of rotatable bonds is 5. The molecule has 2 aromatic carbocycles. The van der Waals surface area contributed by atoms with Crippen molar-refractivity contribution in [2.24, 2.45) is 0 Å². The van der Waals surface area contributed by atoms with Crippen molar-refractivity contribution in [3.05, 3.63) is 53.6 Å². The number of methoxy groups -OCH3 is 1. The highest BCUT2D eigenvalue weighted by Gasteiger charge is 2.21. The first-order valence-corrected chi connectivity index (χ1v) is 8.40. The molecule has 0 spiro atoms. The molecule has 2 aromatic rings. The van der Waals surface area contributed by atoms with Crippen LogP contribution in [0.3, 0.4) is 0 Å². The summed E-state index contributed by atoms with van der Waals surface area (Å²) < 4.78 is 5.24. The SMILES string of the molecule is COc1ccc(CC(=O)Nc2cccc(N3CCCC3=O)c2)cc1C. The van der Waals surface area contributed by atoms with Gasteiger partial charge in [-0.05, 0) is 48.7 Å². The van der Waals surface area contributed by atoms with Crippen LogP contribution in [0.15, 0.2) is 42.5 Å². The fourth-order valence-electron chi connectivity index (χ4n) is 3.11. The molecular weight excluding hydrogens is 316 g/mol. The fourth-order valence-corrected chi connectivity index (χ4v) is 3.11. The standard InChI is InChI=1S/C20H22N2O3/c1-14-11-15(8-9-18(14)25-2)12-19(23)21-16-5-3-6-17(13-16)22-10-4-7-20(22)24/h3,5-6,8-9,11,13H,4,7,10,12H2,1-2H3,(H,21,23). The molecule has 1 heterocycles. The van der Waals surface area contributed by atoms with Gasteiger partial charge in [-0.1, -0.05) is 18.2 Å². The molecule has 1 fully saturated rings. The Bertz CT molecular complexity index is 801. The third-order valence-electron chi connectivity index (χ3n) is 4.34. The van der Waals surface area contributed by atoms with Gasteiger partial charge in [-0.3, -0.25) is 9.59 Å². The normalized spacial score (nSPS) is 13.8. The second-order valence-electron chi connectivity index (χ2n) is 6.23. The van der Waals surface area contributed by atoms with Crippen molar-refractivity contribution in [1.82, 2.24) is 0 Å². The predicted octanol–water partition coefficient (Wildman–Crippen LogP) is 3.31. The van der Waals surface area contributed by atoms with Crippen molar-refractivity contribution >= 4 is 23.2 Å². The number of aryl methyl sites for hydroxylation is 1. The quantitative estimate of drug-likeness (QED) is 0.910. The highest BCUT2D eigenvalue weighted by atomic mass is 16.5. The number of benzene rings is 2.